The highest BCUT2D eigenvalue weighted by Gasteiger charge is 2.26. The van der Waals surface area contributed by atoms with E-state index in [1.165, 1.54) is 18.2 Å². The minimum atomic E-state index is -4.03. The molecule has 0 aliphatic heterocycles. The lowest BCUT2D eigenvalue weighted by Gasteiger charge is -2.23. The van der Waals surface area contributed by atoms with E-state index in [0.29, 0.717) is 5.69 Å². The van der Waals surface area contributed by atoms with Crippen LogP contribution in [0.2, 0.25) is 5.02 Å². The van der Waals surface area contributed by atoms with Crippen molar-refractivity contribution < 1.29 is 22.7 Å². The summed E-state index contributed by atoms with van der Waals surface area (Å²) in [5, 5.41) is 2.67. The van der Waals surface area contributed by atoms with Gasteiger partial charge in [-0.15, -0.1) is 6.58 Å². The molecule has 9 heteroatoms. The number of anilines is 1. The van der Waals surface area contributed by atoms with E-state index in [9.17, 15) is 18.0 Å². The summed E-state index contributed by atoms with van der Waals surface area (Å²) in [7, 11) is -4.03. The van der Waals surface area contributed by atoms with Gasteiger partial charge in [0.2, 0.25) is 0 Å². The third-order valence-corrected chi connectivity index (χ3v) is 6.05. The van der Waals surface area contributed by atoms with Crippen LogP contribution in [-0.4, -0.2) is 39.0 Å². The van der Waals surface area contributed by atoms with Gasteiger partial charge in [-0.25, -0.2) is 13.2 Å². The molecule has 0 atom stereocenters. The second-order valence-electron chi connectivity index (χ2n) is 7.68. The molecule has 0 saturated carbocycles. The van der Waals surface area contributed by atoms with E-state index in [1.54, 1.807) is 51.1 Å². The lowest BCUT2D eigenvalue weighted by molar-refractivity contribution is -0.125. The molecule has 2 aromatic carbocycles. The number of sulfonamides is 1. The molecule has 2 rings (SSSR count). The summed E-state index contributed by atoms with van der Waals surface area (Å²) in [4.78, 5) is 24.2. The van der Waals surface area contributed by atoms with E-state index < -0.39 is 34.0 Å². The Labute approximate surface area is 187 Å². The maximum atomic E-state index is 13.3. The van der Waals surface area contributed by atoms with Crippen LogP contribution < -0.4 is 9.62 Å². The highest BCUT2D eigenvalue weighted by Crippen LogP contribution is 2.27. The summed E-state index contributed by atoms with van der Waals surface area (Å²) in [6, 6.07) is 12.3. The van der Waals surface area contributed by atoms with Crippen molar-refractivity contribution in [2.75, 3.05) is 17.5 Å². The summed E-state index contributed by atoms with van der Waals surface area (Å²) >= 11 is 6.09. The predicted molar refractivity (Wildman–Crippen MR) is 121 cm³/mol. The van der Waals surface area contributed by atoms with Crippen LogP contribution in [0.4, 0.5) is 5.69 Å². The Hall–Kier alpha value is -2.84. The van der Waals surface area contributed by atoms with Gasteiger partial charge in [0.15, 0.2) is 6.61 Å². The average Bonchev–Trinajstić information content (AvgIpc) is 2.69. The van der Waals surface area contributed by atoms with E-state index in [2.05, 4.69) is 11.9 Å². The molecular formula is C22H25ClN2O5S. The number of para-hydroxylation sites is 1. The number of rotatable bonds is 8. The van der Waals surface area contributed by atoms with Crippen LogP contribution in [-0.2, 0) is 19.6 Å². The average molecular weight is 465 g/mol. The van der Waals surface area contributed by atoms with Crippen molar-refractivity contribution in [3.63, 3.8) is 0 Å². The molecule has 0 heterocycles. The number of carbonyl (C=O) groups is 2. The summed E-state index contributed by atoms with van der Waals surface area (Å²) in [5.41, 5.74) is -0.195. The van der Waals surface area contributed by atoms with Gasteiger partial charge in [-0.1, -0.05) is 35.9 Å². The van der Waals surface area contributed by atoms with Crippen molar-refractivity contribution in [1.82, 2.24) is 5.32 Å². The second kappa shape index (κ2) is 9.98. The Bertz CT molecular complexity index is 1060. The van der Waals surface area contributed by atoms with E-state index >= 15 is 0 Å². The number of ether oxygens (including phenoxy) is 1. The first-order valence-corrected chi connectivity index (χ1v) is 11.2. The van der Waals surface area contributed by atoms with Crippen LogP contribution in [0.3, 0.4) is 0 Å². The van der Waals surface area contributed by atoms with Crippen molar-refractivity contribution in [3.8, 4) is 0 Å². The first-order valence-electron chi connectivity index (χ1n) is 9.42. The highest BCUT2D eigenvalue weighted by molar-refractivity contribution is 7.92. The third kappa shape index (κ3) is 6.57. The lowest BCUT2D eigenvalue weighted by atomic mass is 10.1. The summed E-state index contributed by atoms with van der Waals surface area (Å²) in [6.45, 7) is 8.51. The Morgan fingerprint density at radius 1 is 1.16 bits per heavy atom. The number of carbonyl (C=O) groups excluding carboxylic acids is 2. The largest absolute Gasteiger partial charge is 0.452 e. The highest BCUT2D eigenvalue weighted by atomic mass is 35.5. The van der Waals surface area contributed by atoms with Crippen molar-refractivity contribution >= 4 is 39.2 Å². The van der Waals surface area contributed by atoms with E-state index in [1.807, 2.05) is 0 Å². The van der Waals surface area contributed by atoms with Crippen LogP contribution in [0.25, 0.3) is 0 Å². The maximum absolute atomic E-state index is 13.3. The number of halogens is 1. The molecule has 31 heavy (non-hydrogen) atoms. The fraction of sp³-hybridized carbons (Fsp3) is 0.273. The quantitative estimate of drug-likeness (QED) is 0.474. The molecule has 7 nitrogen and oxygen atoms in total. The van der Waals surface area contributed by atoms with Gasteiger partial charge in [-0.2, -0.15) is 0 Å². The lowest BCUT2D eigenvalue weighted by Crippen LogP contribution is -2.42. The van der Waals surface area contributed by atoms with Gasteiger partial charge in [-0.05, 0) is 51.1 Å². The monoisotopic (exact) mass is 464 g/mol. The zero-order valence-electron chi connectivity index (χ0n) is 17.6. The zero-order valence-corrected chi connectivity index (χ0v) is 19.2. The molecule has 0 spiro atoms. The Morgan fingerprint density at radius 2 is 1.81 bits per heavy atom. The van der Waals surface area contributed by atoms with Gasteiger partial charge in [0, 0.05) is 5.54 Å². The zero-order chi connectivity index (χ0) is 23.2. The number of nitrogens with zero attached hydrogens (tertiary/aromatic N) is 1. The topological polar surface area (TPSA) is 92.8 Å². The molecule has 0 aromatic heterocycles. The fourth-order valence-corrected chi connectivity index (χ4v) is 4.32. The number of amides is 1. The van der Waals surface area contributed by atoms with Crippen LogP contribution in [0, 0.1) is 0 Å². The van der Waals surface area contributed by atoms with Gasteiger partial charge in [0.25, 0.3) is 15.9 Å². The van der Waals surface area contributed by atoms with Crippen molar-refractivity contribution in [3.05, 3.63) is 71.8 Å². The molecule has 2 aromatic rings. The number of benzene rings is 2. The Morgan fingerprint density at radius 3 is 2.39 bits per heavy atom. The molecule has 0 aliphatic rings. The molecule has 0 unspecified atom stereocenters. The molecule has 1 amide bonds. The second-order valence-corrected chi connectivity index (χ2v) is 9.95. The Kier molecular flexibility index (Phi) is 7.86. The smallest absolute Gasteiger partial charge is 0.340 e. The van der Waals surface area contributed by atoms with E-state index in [4.69, 9.17) is 16.3 Å². The summed E-state index contributed by atoms with van der Waals surface area (Å²) < 4.78 is 32.7. The fourth-order valence-electron chi connectivity index (χ4n) is 2.67. The molecule has 0 saturated heterocycles. The Balaban J connectivity index is 2.31. The normalized spacial score (nSPS) is 11.5. The molecule has 0 radical (unpaired) electrons. The molecular weight excluding hydrogens is 440 g/mol. The van der Waals surface area contributed by atoms with Gasteiger partial charge in [-0.3, -0.25) is 9.10 Å². The first kappa shape index (κ1) is 24.4. The molecule has 0 bridgehead atoms. The van der Waals surface area contributed by atoms with E-state index in [0.717, 1.165) is 10.4 Å². The van der Waals surface area contributed by atoms with Gasteiger partial charge >= 0.3 is 5.97 Å². The van der Waals surface area contributed by atoms with Crippen LogP contribution in [0.15, 0.2) is 66.1 Å². The van der Waals surface area contributed by atoms with E-state index in [-0.39, 0.29) is 22.0 Å². The van der Waals surface area contributed by atoms with Gasteiger partial charge in [0.1, 0.15) is 0 Å². The maximum Gasteiger partial charge on any atom is 0.340 e. The predicted octanol–water partition coefficient (Wildman–Crippen LogP) is 3.79. The van der Waals surface area contributed by atoms with Crippen LogP contribution >= 0.6 is 11.6 Å². The number of hydrogen-bond donors (Lipinski definition) is 1. The third-order valence-electron chi connectivity index (χ3n) is 3.93. The summed E-state index contributed by atoms with van der Waals surface area (Å²) in [5.74, 6) is -1.39. The van der Waals surface area contributed by atoms with Crippen LogP contribution in [0.5, 0.6) is 0 Å². The standard InChI is InChI=1S/C22H25ClN2O5S/c1-5-13-25(16-9-7-6-8-10-16)31(28,29)17-11-12-19(23)18(14-17)21(27)30-15-20(26)24-22(2,3)4/h5-12,14H,1,13,15H2,2-4H3,(H,24,26). The minimum absolute atomic E-state index is 0.00941. The number of esters is 1. The van der Waals surface area contributed by atoms with Crippen molar-refractivity contribution in [2.45, 2.75) is 31.2 Å². The number of nitrogens with one attached hydrogen (secondary N) is 1. The molecule has 0 fully saturated rings. The minimum Gasteiger partial charge on any atom is -0.452 e. The summed E-state index contributed by atoms with van der Waals surface area (Å²) in [6.07, 6.45) is 1.46. The SMILES string of the molecule is C=CCN(c1ccccc1)S(=O)(=O)c1ccc(Cl)c(C(=O)OCC(=O)NC(C)(C)C)c1. The van der Waals surface area contributed by atoms with Crippen LogP contribution in [0.1, 0.15) is 31.1 Å². The van der Waals surface area contributed by atoms with Crippen molar-refractivity contribution in [1.29, 1.82) is 0 Å². The van der Waals surface area contributed by atoms with Gasteiger partial charge < -0.3 is 10.1 Å². The van der Waals surface area contributed by atoms with Gasteiger partial charge in [0.05, 0.1) is 27.7 Å². The molecule has 166 valence electrons. The number of hydrogen-bond acceptors (Lipinski definition) is 5. The first-order chi connectivity index (χ1) is 14.5. The molecule has 1 N–H and O–H groups in total. The molecule has 0 aliphatic carbocycles. The van der Waals surface area contributed by atoms with Crippen molar-refractivity contribution in [2.24, 2.45) is 0 Å².